The predicted octanol–water partition coefficient (Wildman–Crippen LogP) is 2.25. The van der Waals surface area contributed by atoms with Crippen LogP contribution in [0.4, 0.5) is 0 Å². The van der Waals surface area contributed by atoms with Crippen molar-refractivity contribution in [2.75, 3.05) is 19.7 Å². The van der Waals surface area contributed by atoms with Gasteiger partial charge in [-0.25, -0.2) is 4.79 Å². The van der Waals surface area contributed by atoms with Gasteiger partial charge in [0.1, 0.15) is 0 Å². The summed E-state index contributed by atoms with van der Waals surface area (Å²) in [5, 5.41) is 0. The van der Waals surface area contributed by atoms with Crippen LogP contribution < -0.4 is 0 Å². The number of hydrogen-bond donors (Lipinski definition) is 0. The maximum atomic E-state index is 13.0. The van der Waals surface area contributed by atoms with Gasteiger partial charge in [-0.3, -0.25) is 14.4 Å². The molecule has 4 rings (SSSR count). The first kappa shape index (κ1) is 20.0. The Balaban J connectivity index is 1.54. The van der Waals surface area contributed by atoms with Gasteiger partial charge < -0.3 is 14.4 Å². The minimum atomic E-state index is -0.810. The van der Waals surface area contributed by atoms with Crippen LogP contribution >= 0.6 is 0 Å². The number of esters is 1. The average Bonchev–Trinajstić information content (AvgIpc) is 2.74. The molecule has 1 aliphatic carbocycles. The summed E-state index contributed by atoms with van der Waals surface area (Å²) in [4.78, 5) is 52.5. The van der Waals surface area contributed by atoms with Crippen LogP contribution in [-0.2, 0) is 14.3 Å². The lowest BCUT2D eigenvalue weighted by Crippen LogP contribution is -2.49. The lowest BCUT2D eigenvalue weighted by molar-refractivity contribution is -0.146. The third-order valence-electron chi connectivity index (χ3n) is 5.27. The maximum Gasteiger partial charge on any atom is 0.339 e. The van der Waals surface area contributed by atoms with Gasteiger partial charge in [0, 0.05) is 35.3 Å². The number of ether oxygens (including phenoxy) is 2. The van der Waals surface area contributed by atoms with Crippen molar-refractivity contribution >= 4 is 23.4 Å². The normalized spacial score (nSPS) is 20.4. The number of ketones is 2. The van der Waals surface area contributed by atoms with Crippen molar-refractivity contribution in [2.24, 2.45) is 0 Å². The lowest BCUT2D eigenvalue weighted by Gasteiger charge is -2.35. The summed E-state index contributed by atoms with van der Waals surface area (Å²) in [6.45, 7) is 4.15. The summed E-state index contributed by atoms with van der Waals surface area (Å²) in [7, 11) is 0. The SMILES string of the molecule is CC1CN(C(=O)COC(=O)c2cccc3c2C(=O)c2ccccc2C3=O)CC(C)O1. The number of carbonyl (C=O) groups excluding carboxylic acids is 4. The van der Waals surface area contributed by atoms with E-state index in [0.717, 1.165) is 0 Å². The molecule has 2 aromatic rings. The Kier molecular flexibility index (Phi) is 5.22. The number of hydrogen-bond acceptors (Lipinski definition) is 6. The monoisotopic (exact) mass is 407 g/mol. The molecule has 2 aromatic carbocycles. The highest BCUT2D eigenvalue weighted by atomic mass is 16.5. The second-order valence-electron chi connectivity index (χ2n) is 7.56. The molecule has 0 saturated carbocycles. The van der Waals surface area contributed by atoms with E-state index in [-0.39, 0.29) is 46.2 Å². The molecule has 0 radical (unpaired) electrons. The van der Waals surface area contributed by atoms with Crippen LogP contribution in [-0.4, -0.2) is 60.2 Å². The highest BCUT2D eigenvalue weighted by Gasteiger charge is 2.33. The summed E-state index contributed by atoms with van der Waals surface area (Å²) in [6, 6.07) is 11.0. The minimum Gasteiger partial charge on any atom is -0.452 e. The van der Waals surface area contributed by atoms with Crippen molar-refractivity contribution in [3.8, 4) is 0 Å². The van der Waals surface area contributed by atoms with Gasteiger partial charge in [0.2, 0.25) is 0 Å². The van der Waals surface area contributed by atoms with E-state index in [2.05, 4.69) is 0 Å². The van der Waals surface area contributed by atoms with Crippen LogP contribution in [0, 0.1) is 0 Å². The van der Waals surface area contributed by atoms with E-state index in [4.69, 9.17) is 9.47 Å². The summed E-state index contributed by atoms with van der Waals surface area (Å²) in [5.74, 6) is -1.87. The second kappa shape index (κ2) is 7.84. The molecule has 30 heavy (non-hydrogen) atoms. The molecule has 1 aliphatic heterocycles. The Hall–Kier alpha value is -3.32. The first-order valence-corrected chi connectivity index (χ1v) is 9.78. The molecule has 0 N–H and O–H groups in total. The molecule has 0 aromatic heterocycles. The fourth-order valence-corrected chi connectivity index (χ4v) is 3.99. The topological polar surface area (TPSA) is 90.0 Å². The fourth-order valence-electron chi connectivity index (χ4n) is 3.99. The van der Waals surface area contributed by atoms with Gasteiger partial charge in [0.25, 0.3) is 5.91 Å². The molecular formula is C23H21NO6. The Labute approximate surface area is 173 Å². The maximum absolute atomic E-state index is 13.0. The first-order valence-electron chi connectivity index (χ1n) is 9.78. The van der Waals surface area contributed by atoms with Crippen molar-refractivity contribution in [3.63, 3.8) is 0 Å². The molecule has 154 valence electrons. The Morgan fingerprint density at radius 2 is 1.53 bits per heavy atom. The number of fused-ring (bicyclic) bond motifs is 2. The van der Waals surface area contributed by atoms with Crippen molar-refractivity contribution < 1.29 is 28.7 Å². The molecule has 2 aliphatic rings. The smallest absolute Gasteiger partial charge is 0.339 e. The van der Waals surface area contributed by atoms with Gasteiger partial charge in [-0.1, -0.05) is 36.4 Å². The van der Waals surface area contributed by atoms with Gasteiger partial charge in [-0.05, 0) is 19.9 Å². The van der Waals surface area contributed by atoms with E-state index in [1.165, 1.54) is 18.2 Å². The molecule has 1 amide bonds. The summed E-state index contributed by atoms with van der Waals surface area (Å²) in [6.07, 6.45) is -0.198. The van der Waals surface area contributed by atoms with Crippen molar-refractivity contribution in [3.05, 3.63) is 70.3 Å². The van der Waals surface area contributed by atoms with E-state index in [1.54, 1.807) is 29.2 Å². The number of morpholine rings is 1. The molecule has 1 fully saturated rings. The Morgan fingerprint density at radius 3 is 2.20 bits per heavy atom. The third-order valence-corrected chi connectivity index (χ3v) is 5.27. The highest BCUT2D eigenvalue weighted by molar-refractivity contribution is 6.30. The summed E-state index contributed by atoms with van der Waals surface area (Å²) in [5.41, 5.74) is 0.730. The number of amides is 1. The standard InChI is InChI=1S/C23H21NO6/c1-13-10-24(11-14(2)30-13)19(25)12-29-23(28)18-9-5-8-17-20(18)22(27)16-7-4-3-6-15(16)21(17)26/h3-9,13-14H,10-12H2,1-2H3. The van der Waals surface area contributed by atoms with E-state index in [0.29, 0.717) is 18.7 Å². The molecule has 7 heteroatoms. The number of nitrogens with zero attached hydrogens (tertiary/aromatic N) is 1. The van der Waals surface area contributed by atoms with E-state index >= 15 is 0 Å². The molecule has 2 unspecified atom stereocenters. The van der Waals surface area contributed by atoms with Crippen LogP contribution in [0.5, 0.6) is 0 Å². The van der Waals surface area contributed by atoms with Crippen LogP contribution in [0.1, 0.15) is 56.0 Å². The summed E-state index contributed by atoms with van der Waals surface area (Å²) < 4.78 is 10.8. The molecule has 0 bridgehead atoms. The largest absolute Gasteiger partial charge is 0.452 e. The van der Waals surface area contributed by atoms with E-state index < -0.39 is 18.4 Å². The Morgan fingerprint density at radius 1 is 0.933 bits per heavy atom. The van der Waals surface area contributed by atoms with E-state index in [9.17, 15) is 19.2 Å². The van der Waals surface area contributed by atoms with Crippen molar-refractivity contribution in [1.82, 2.24) is 4.90 Å². The van der Waals surface area contributed by atoms with Gasteiger partial charge in [-0.15, -0.1) is 0 Å². The summed E-state index contributed by atoms with van der Waals surface area (Å²) >= 11 is 0. The quantitative estimate of drug-likeness (QED) is 0.619. The molecule has 1 saturated heterocycles. The number of carbonyl (C=O) groups is 4. The molecule has 2 atom stereocenters. The van der Waals surface area contributed by atoms with E-state index in [1.807, 2.05) is 13.8 Å². The minimum absolute atomic E-state index is 0.0168. The van der Waals surface area contributed by atoms with Crippen LogP contribution in [0.3, 0.4) is 0 Å². The molecule has 7 nitrogen and oxygen atoms in total. The van der Waals surface area contributed by atoms with Crippen molar-refractivity contribution in [1.29, 1.82) is 0 Å². The van der Waals surface area contributed by atoms with Crippen molar-refractivity contribution in [2.45, 2.75) is 26.1 Å². The zero-order chi connectivity index (χ0) is 21.4. The zero-order valence-corrected chi connectivity index (χ0v) is 16.7. The number of rotatable bonds is 3. The predicted molar refractivity (Wildman–Crippen MR) is 107 cm³/mol. The second-order valence-corrected chi connectivity index (χ2v) is 7.56. The molecule has 0 spiro atoms. The van der Waals surface area contributed by atoms with Crippen LogP contribution in [0.2, 0.25) is 0 Å². The number of benzene rings is 2. The van der Waals surface area contributed by atoms with Crippen LogP contribution in [0.25, 0.3) is 0 Å². The average molecular weight is 407 g/mol. The zero-order valence-electron chi connectivity index (χ0n) is 16.7. The van der Waals surface area contributed by atoms with Gasteiger partial charge >= 0.3 is 5.97 Å². The third kappa shape index (κ3) is 3.52. The Bertz CT molecular complexity index is 1050. The van der Waals surface area contributed by atoms with Gasteiger partial charge in [0.05, 0.1) is 17.8 Å². The van der Waals surface area contributed by atoms with Gasteiger partial charge in [0.15, 0.2) is 18.2 Å². The highest BCUT2D eigenvalue weighted by Crippen LogP contribution is 2.29. The van der Waals surface area contributed by atoms with Crippen LogP contribution in [0.15, 0.2) is 42.5 Å². The molecular weight excluding hydrogens is 386 g/mol. The lowest BCUT2D eigenvalue weighted by atomic mass is 9.82. The van der Waals surface area contributed by atoms with Gasteiger partial charge in [-0.2, -0.15) is 0 Å². The first-order chi connectivity index (χ1) is 14.4. The fraction of sp³-hybridized carbons (Fsp3) is 0.304. The molecule has 1 heterocycles.